The highest BCUT2D eigenvalue weighted by atomic mass is 15.4. The summed E-state index contributed by atoms with van der Waals surface area (Å²) in [6, 6.07) is 8.26. The largest absolute Gasteiger partial charge is 0.268 e. The summed E-state index contributed by atoms with van der Waals surface area (Å²) in [7, 11) is 1.95. The molecule has 2 rings (SSSR count). The van der Waals surface area contributed by atoms with Crippen LogP contribution in [0.5, 0.6) is 0 Å². The van der Waals surface area contributed by atoms with E-state index in [1.54, 1.807) is 0 Å². The van der Waals surface area contributed by atoms with Crippen LogP contribution < -0.4 is 5.01 Å². The average Bonchev–Trinajstić information content (AvgIpc) is 2.42. The van der Waals surface area contributed by atoms with E-state index in [2.05, 4.69) is 44.6 Å². The van der Waals surface area contributed by atoms with Crippen molar-refractivity contribution in [1.29, 1.82) is 0 Å². The monoisotopic (exact) mass is 268 g/mol. The van der Waals surface area contributed by atoms with Crippen molar-refractivity contribution < 1.29 is 0 Å². The first-order valence-electron chi connectivity index (χ1n) is 7.01. The summed E-state index contributed by atoms with van der Waals surface area (Å²) in [6.45, 7) is 10.3. The van der Waals surface area contributed by atoms with Crippen LogP contribution in [0.2, 0.25) is 0 Å². The summed E-state index contributed by atoms with van der Waals surface area (Å²) in [6.07, 6.45) is 9.11. The van der Waals surface area contributed by atoms with E-state index in [0.717, 1.165) is 17.0 Å². The molecule has 0 atom stereocenters. The number of rotatable bonds is 2. The Morgan fingerprint density at radius 3 is 2.40 bits per heavy atom. The van der Waals surface area contributed by atoms with Gasteiger partial charge in [0.1, 0.15) is 0 Å². The molecule has 20 heavy (non-hydrogen) atoms. The highest BCUT2D eigenvalue weighted by Gasteiger charge is 2.04. The molecule has 2 nitrogen and oxygen atoms in total. The molecule has 2 heteroatoms. The SMILES string of the molecule is C=C1C=CC=C/C1=N/N(C)c1cccc(C)c1.CCC. The average molecular weight is 268 g/mol. The summed E-state index contributed by atoms with van der Waals surface area (Å²) in [5.74, 6) is 0. The molecule has 0 saturated carbocycles. The number of hydrazone groups is 1. The van der Waals surface area contributed by atoms with Gasteiger partial charge >= 0.3 is 0 Å². The molecule has 0 amide bonds. The number of hydrogen-bond acceptors (Lipinski definition) is 2. The highest BCUT2D eigenvalue weighted by Crippen LogP contribution is 2.16. The summed E-state index contributed by atoms with van der Waals surface area (Å²) in [5.41, 5.74) is 4.14. The summed E-state index contributed by atoms with van der Waals surface area (Å²) < 4.78 is 0. The summed E-state index contributed by atoms with van der Waals surface area (Å²) in [5, 5.41) is 6.41. The number of allylic oxidation sites excluding steroid dienone is 5. The second-order valence-corrected chi connectivity index (χ2v) is 4.80. The highest BCUT2D eigenvalue weighted by molar-refractivity contribution is 6.11. The predicted molar refractivity (Wildman–Crippen MR) is 90.4 cm³/mol. The van der Waals surface area contributed by atoms with Crippen molar-refractivity contribution in [3.05, 3.63) is 66.3 Å². The van der Waals surface area contributed by atoms with Gasteiger partial charge in [0.2, 0.25) is 0 Å². The Hall–Kier alpha value is -2.09. The lowest BCUT2D eigenvalue weighted by Crippen LogP contribution is -2.13. The Balaban J connectivity index is 0.000000612. The van der Waals surface area contributed by atoms with Crippen LogP contribution in [-0.2, 0) is 0 Å². The van der Waals surface area contributed by atoms with Crippen LogP contribution in [0.4, 0.5) is 5.69 Å². The number of nitrogens with zero attached hydrogens (tertiary/aromatic N) is 2. The van der Waals surface area contributed by atoms with Crippen LogP contribution in [0.15, 0.2) is 65.8 Å². The zero-order valence-corrected chi connectivity index (χ0v) is 12.9. The third-order valence-electron chi connectivity index (χ3n) is 2.62. The molecule has 0 spiro atoms. The van der Waals surface area contributed by atoms with Crippen LogP contribution in [0.3, 0.4) is 0 Å². The van der Waals surface area contributed by atoms with Gasteiger partial charge in [-0.05, 0) is 36.3 Å². The van der Waals surface area contributed by atoms with Gasteiger partial charge in [0.15, 0.2) is 0 Å². The molecule has 0 aliphatic heterocycles. The first-order valence-corrected chi connectivity index (χ1v) is 7.01. The van der Waals surface area contributed by atoms with Crippen LogP contribution >= 0.6 is 0 Å². The topological polar surface area (TPSA) is 15.6 Å². The van der Waals surface area contributed by atoms with Gasteiger partial charge in [-0.1, -0.05) is 57.2 Å². The van der Waals surface area contributed by atoms with Crippen molar-refractivity contribution in [2.24, 2.45) is 5.10 Å². The van der Waals surface area contributed by atoms with Crippen LogP contribution in [-0.4, -0.2) is 12.8 Å². The Bertz CT molecular complexity index is 536. The van der Waals surface area contributed by atoms with Crippen molar-refractivity contribution >= 4 is 11.4 Å². The summed E-state index contributed by atoms with van der Waals surface area (Å²) in [4.78, 5) is 0. The van der Waals surface area contributed by atoms with Gasteiger partial charge in [0.05, 0.1) is 11.4 Å². The Kier molecular flexibility index (Phi) is 6.51. The molecule has 106 valence electrons. The fourth-order valence-corrected chi connectivity index (χ4v) is 1.66. The zero-order chi connectivity index (χ0) is 15.0. The minimum absolute atomic E-state index is 0.900. The minimum Gasteiger partial charge on any atom is -0.268 e. The van der Waals surface area contributed by atoms with Crippen molar-refractivity contribution in [3.8, 4) is 0 Å². The van der Waals surface area contributed by atoms with E-state index in [1.807, 2.05) is 48.5 Å². The first kappa shape index (κ1) is 16.0. The number of aryl methyl sites for hydroxylation is 1. The molecule has 1 aliphatic carbocycles. The normalized spacial score (nSPS) is 15.0. The van der Waals surface area contributed by atoms with E-state index in [0.29, 0.717) is 0 Å². The lowest BCUT2D eigenvalue weighted by Gasteiger charge is -2.16. The Labute approximate surface area is 122 Å². The predicted octanol–water partition coefficient (Wildman–Crippen LogP) is 4.89. The molecule has 0 heterocycles. The number of hydrogen-bond donors (Lipinski definition) is 0. The van der Waals surface area contributed by atoms with Crippen LogP contribution in [0.1, 0.15) is 25.8 Å². The van der Waals surface area contributed by atoms with Gasteiger partial charge in [-0.25, -0.2) is 0 Å². The van der Waals surface area contributed by atoms with Crippen LogP contribution in [0.25, 0.3) is 0 Å². The fourth-order valence-electron chi connectivity index (χ4n) is 1.66. The molecular formula is C18H24N2. The quantitative estimate of drug-likeness (QED) is 0.698. The van der Waals surface area contributed by atoms with E-state index in [4.69, 9.17) is 0 Å². The maximum Gasteiger partial charge on any atom is 0.0902 e. The molecule has 0 radical (unpaired) electrons. The molecule has 0 N–H and O–H groups in total. The fraction of sp³-hybridized carbons (Fsp3) is 0.278. The number of benzene rings is 1. The molecule has 1 aromatic rings. The van der Waals surface area contributed by atoms with Gasteiger partial charge in [0.25, 0.3) is 0 Å². The minimum atomic E-state index is 0.900. The Morgan fingerprint density at radius 2 is 1.80 bits per heavy atom. The number of anilines is 1. The first-order chi connectivity index (χ1) is 9.58. The van der Waals surface area contributed by atoms with Crippen molar-refractivity contribution in [3.63, 3.8) is 0 Å². The molecular weight excluding hydrogens is 244 g/mol. The van der Waals surface area contributed by atoms with E-state index >= 15 is 0 Å². The van der Waals surface area contributed by atoms with E-state index in [1.165, 1.54) is 12.0 Å². The van der Waals surface area contributed by atoms with Crippen molar-refractivity contribution in [2.45, 2.75) is 27.2 Å². The van der Waals surface area contributed by atoms with Gasteiger partial charge < -0.3 is 0 Å². The van der Waals surface area contributed by atoms with Gasteiger partial charge in [0, 0.05) is 7.05 Å². The summed E-state index contributed by atoms with van der Waals surface area (Å²) >= 11 is 0. The van der Waals surface area contributed by atoms with E-state index in [-0.39, 0.29) is 0 Å². The molecule has 0 fully saturated rings. The molecule has 0 unspecified atom stereocenters. The molecule has 1 aliphatic rings. The standard InChI is InChI=1S/C15H16N2.C3H8/c1-12-7-6-9-14(11-12)17(3)16-15-10-5-4-8-13(15)2;1-3-2/h4-11H,2H2,1,3H3;3H2,1-2H3/b16-15-;. The van der Waals surface area contributed by atoms with E-state index < -0.39 is 0 Å². The van der Waals surface area contributed by atoms with Crippen molar-refractivity contribution in [2.75, 3.05) is 12.1 Å². The van der Waals surface area contributed by atoms with Crippen molar-refractivity contribution in [1.82, 2.24) is 0 Å². The third-order valence-corrected chi connectivity index (χ3v) is 2.62. The molecule has 0 bridgehead atoms. The second kappa shape index (κ2) is 8.16. The molecule has 0 saturated heterocycles. The molecule has 1 aromatic carbocycles. The lowest BCUT2D eigenvalue weighted by molar-refractivity contribution is 1.02. The smallest absolute Gasteiger partial charge is 0.0902 e. The van der Waals surface area contributed by atoms with Gasteiger partial charge in [-0.2, -0.15) is 5.10 Å². The molecule has 0 aromatic heterocycles. The Morgan fingerprint density at radius 1 is 1.15 bits per heavy atom. The van der Waals surface area contributed by atoms with Crippen LogP contribution in [0, 0.1) is 6.92 Å². The second-order valence-electron chi connectivity index (χ2n) is 4.80. The van der Waals surface area contributed by atoms with Gasteiger partial charge in [-0.3, -0.25) is 5.01 Å². The third kappa shape index (κ3) is 4.88. The maximum atomic E-state index is 4.54. The van der Waals surface area contributed by atoms with E-state index in [9.17, 15) is 0 Å². The maximum absolute atomic E-state index is 4.54. The zero-order valence-electron chi connectivity index (χ0n) is 12.9. The van der Waals surface area contributed by atoms with Gasteiger partial charge in [-0.15, -0.1) is 0 Å². The lowest BCUT2D eigenvalue weighted by atomic mass is 10.1.